The van der Waals surface area contributed by atoms with Gasteiger partial charge >= 0.3 is 0 Å². The van der Waals surface area contributed by atoms with Crippen LogP contribution in [0.2, 0.25) is 0 Å². The maximum absolute atomic E-state index is 14.5. The van der Waals surface area contributed by atoms with E-state index in [0.29, 0.717) is 10.6 Å². The first-order valence-electron chi connectivity index (χ1n) is 9.38. The number of carbonyl (C=O) groups excluding carboxylic acids is 1. The van der Waals surface area contributed by atoms with E-state index in [9.17, 15) is 9.36 Å². The van der Waals surface area contributed by atoms with Crippen molar-refractivity contribution in [1.82, 2.24) is 5.09 Å². The van der Waals surface area contributed by atoms with E-state index in [1.807, 2.05) is 91.0 Å². The molecule has 0 unspecified atom stereocenters. The van der Waals surface area contributed by atoms with Crippen molar-refractivity contribution >= 4 is 58.5 Å². The third-order valence-electron chi connectivity index (χ3n) is 4.91. The molecule has 0 saturated carbocycles. The molecule has 0 aliphatic carbocycles. The van der Waals surface area contributed by atoms with Crippen molar-refractivity contribution in [2.24, 2.45) is 5.92 Å². The molecule has 2 atom stereocenters. The van der Waals surface area contributed by atoms with Crippen LogP contribution in [0.1, 0.15) is 18.5 Å². The summed E-state index contributed by atoms with van der Waals surface area (Å²) in [6, 6.07) is 27.0. The minimum atomic E-state index is -3.32. The summed E-state index contributed by atoms with van der Waals surface area (Å²) in [6.07, 6.45) is 0. The van der Waals surface area contributed by atoms with Gasteiger partial charge in [0.2, 0.25) is 11.1 Å². The van der Waals surface area contributed by atoms with Crippen LogP contribution < -0.4 is 15.7 Å². The van der Waals surface area contributed by atoms with Gasteiger partial charge in [-0.1, -0.05) is 108 Å². The van der Waals surface area contributed by atoms with Gasteiger partial charge in [-0.15, -0.1) is 0 Å². The van der Waals surface area contributed by atoms with Crippen LogP contribution in [-0.2, 0) is 9.36 Å². The van der Waals surface area contributed by atoms with E-state index < -0.39 is 28.8 Å². The Morgan fingerprint density at radius 3 is 1.60 bits per heavy atom. The molecule has 3 aromatic rings. The van der Waals surface area contributed by atoms with E-state index in [4.69, 9.17) is 34.8 Å². The largest absolute Gasteiger partial charge is 0.297 e. The van der Waals surface area contributed by atoms with Gasteiger partial charge in [0.25, 0.3) is 0 Å². The first kappa shape index (κ1) is 23.1. The predicted octanol–water partition coefficient (Wildman–Crippen LogP) is 5.82. The van der Waals surface area contributed by atoms with Gasteiger partial charge in [-0.3, -0.25) is 14.4 Å². The van der Waals surface area contributed by atoms with Crippen molar-refractivity contribution in [2.75, 3.05) is 0 Å². The molecule has 3 aromatic carbocycles. The quantitative estimate of drug-likeness (QED) is 0.342. The smallest absolute Gasteiger partial charge is 0.249 e. The molecule has 3 nitrogen and oxygen atoms in total. The zero-order valence-corrected chi connectivity index (χ0v) is 19.4. The topological polar surface area (TPSA) is 46.2 Å². The van der Waals surface area contributed by atoms with Crippen LogP contribution in [0.5, 0.6) is 0 Å². The second kappa shape index (κ2) is 9.68. The molecule has 1 N–H and O–H groups in total. The number of hydrogen-bond donors (Lipinski definition) is 1. The number of hydrogen-bond acceptors (Lipinski definition) is 2. The van der Waals surface area contributed by atoms with Gasteiger partial charge in [-0.2, -0.15) is 0 Å². The maximum atomic E-state index is 14.5. The lowest BCUT2D eigenvalue weighted by molar-refractivity contribution is -0.122. The molecule has 0 fully saturated rings. The SMILES string of the molecule is C[C@@H](C(=O)C(Cl)(Cl)Cl)[C@@H](NP(=O)(c1ccccc1)c1ccccc1)c1ccccc1. The summed E-state index contributed by atoms with van der Waals surface area (Å²) in [5.41, 5.74) is 0.777. The lowest BCUT2D eigenvalue weighted by Crippen LogP contribution is -2.39. The number of benzene rings is 3. The second-order valence-corrected chi connectivity index (χ2v) is 11.7. The second-order valence-electron chi connectivity index (χ2n) is 6.95. The van der Waals surface area contributed by atoms with E-state index in [1.54, 1.807) is 6.92 Å². The van der Waals surface area contributed by atoms with Gasteiger partial charge in [0, 0.05) is 22.6 Å². The van der Waals surface area contributed by atoms with Crippen LogP contribution in [-0.4, -0.2) is 9.58 Å². The average molecular weight is 481 g/mol. The Labute approximate surface area is 191 Å². The molecule has 3 rings (SSSR count). The summed E-state index contributed by atoms with van der Waals surface area (Å²) in [4.78, 5) is 12.8. The summed E-state index contributed by atoms with van der Waals surface area (Å²) in [7, 11) is -3.32. The standard InChI is InChI=1S/C23H21Cl3NO2P/c1-17(22(28)23(24,25)26)21(18-11-5-2-6-12-18)27-30(29,19-13-7-3-8-14-19)20-15-9-4-10-16-20/h2-17,21H,1H3,(H,27,29)/t17-,21-/m1/s1. The van der Waals surface area contributed by atoms with E-state index in [2.05, 4.69) is 5.09 Å². The zero-order valence-electron chi connectivity index (χ0n) is 16.2. The van der Waals surface area contributed by atoms with Gasteiger partial charge in [0.1, 0.15) is 0 Å². The van der Waals surface area contributed by atoms with Crippen LogP contribution in [0.3, 0.4) is 0 Å². The zero-order chi connectivity index (χ0) is 21.8. The Kier molecular flexibility index (Phi) is 7.44. The van der Waals surface area contributed by atoms with Gasteiger partial charge in [-0.25, -0.2) is 0 Å². The van der Waals surface area contributed by atoms with E-state index >= 15 is 0 Å². The van der Waals surface area contributed by atoms with Crippen LogP contribution in [0, 0.1) is 5.92 Å². The van der Waals surface area contributed by atoms with Crippen molar-refractivity contribution in [3.63, 3.8) is 0 Å². The number of alkyl halides is 3. The molecule has 0 amide bonds. The minimum Gasteiger partial charge on any atom is -0.297 e. The molecule has 0 heterocycles. The summed E-state index contributed by atoms with van der Waals surface area (Å²) in [6.45, 7) is 1.68. The third-order valence-corrected chi connectivity index (χ3v) is 8.16. The number of ketones is 1. The molecule has 0 aromatic heterocycles. The van der Waals surface area contributed by atoms with Crippen molar-refractivity contribution in [3.8, 4) is 0 Å². The number of Topliss-reactive ketones (excluding diaryl/α,β-unsaturated/α-hetero) is 1. The fraction of sp³-hybridized carbons (Fsp3) is 0.174. The van der Waals surface area contributed by atoms with Gasteiger partial charge in [0.15, 0.2) is 5.78 Å². The van der Waals surface area contributed by atoms with E-state index in [1.165, 1.54) is 0 Å². The molecule has 7 heteroatoms. The van der Waals surface area contributed by atoms with Crippen molar-refractivity contribution < 1.29 is 9.36 Å². The molecule has 30 heavy (non-hydrogen) atoms. The predicted molar refractivity (Wildman–Crippen MR) is 127 cm³/mol. The number of rotatable bonds is 7. The van der Waals surface area contributed by atoms with Crippen LogP contribution >= 0.6 is 42.1 Å². The molecule has 0 saturated heterocycles. The molecule has 0 bridgehead atoms. The Balaban J connectivity index is 2.12. The first-order valence-corrected chi connectivity index (χ1v) is 12.2. The molecular weight excluding hydrogens is 460 g/mol. The monoisotopic (exact) mass is 479 g/mol. The Hall–Kier alpha value is -1.61. The van der Waals surface area contributed by atoms with Crippen molar-refractivity contribution in [3.05, 3.63) is 96.6 Å². The highest BCUT2D eigenvalue weighted by molar-refractivity contribution is 7.76. The normalized spacial score (nSPS) is 14.1. The van der Waals surface area contributed by atoms with Gasteiger partial charge in [-0.05, 0) is 29.8 Å². The highest BCUT2D eigenvalue weighted by atomic mass is 35.6. The van der Waals surface area contributed by atoms with Gasteiger partial charge in [0.05, 0.1) is 0 Å². The number of carbonyl (C=O) groups is 1. The third kappa shape index (κ3) is 5.17. The van der Waals surface area contributed by atoms with Crippen LogP contribution in [0.15, 0.2) is 91.0 Å². The summed E-state index contributed by atoms with van der Waals surface area (Å²) in [5.74, 6) is -1.32. The van der Waals surface area contributed by atoms with Gasteiger partial charge < -0.3 is 0 Å². The Morgan fingerprint density at radius 1 is 0.800 bits per heavy atom. The lowest BCUT2D eigenvalue weighted by Gasteiger charge is -2.31. The molecular formula is C23H21Cl3NO2P. The molecule has 0 aliphatic heterocycles. The summed E-state index contributed by atoms with van der Waals surface area (Å²) in [5, 5.41) is 4.55. The highest BCUT2D eigenvalue weighted by Gasteiger charge is 2.41. The number of nitrogens with one attached hydrogen (secondary N) is 1. The maximum Gasteiger partial charge on any atom is 0.249 e. The Morgan fingerprint density at radius 2 is 1.20 bits per heavy atom. The molecule has 0 spiro atoms. The fourth-order valence-corrected chi connectivity index (χ4v) is 6.38. The molecule has 0 radical (unpaired) electrons. The van der Waals surface area contributed by atoms with Crippen LogP contribution in [0.25, 0.3) is 0 Å². The van der Waals surface area contributed by atoms with Crippen molar-refractivity contribution in [2.45, 2.75) is 16.8 Å². The average Bonchev–Trinajstić information content (AvgIpc) is 2.77. The summed E-state index contributed by atoms with van der Waals surface area (Å²) < 4.78 is 12.4. The summed E-state index contributed by atoms with van der Waals surface area (Å²) >= 11 is 17.7. The fourth-order valence-electron chi connectivity index (χ4n) is 3.31. The minimum absolute atomic E-state index is 0.568. The molecule has 156 valence electrons. The highest BCUT2D eigenvalue weighted by Crippen LogP contribution is 2.45. The van der Waals surface area contributed by atoms with E-state index in [-0.39, 0.29) is 0 Å². The van der Waals surface area contributed by atoms with Crippen molar-refractivity contribution in [1.29, 1.82) is 0 Å². The molecule has 0 aliphatic rings. The Bertz CT molecular complexity index is 981. The number of halogens is 3. The van der Waals surface area contributed by atoms with E-state index in [0.717, 1.165) is 5.56 Å². The van der Waals surface area contributed by atoms with Crippen LogP contribution in [0.4, 0.5) is 0 Å². The lowest BCUT2D eigenvalue weighted by atomic mass is 9.92. The first-order chi connectivity index (χ1) is 14.2.